The third-order valence-electron chi connectivity index (χ3n) is 10.1. The number of pyridine rings is 4. The Balaban J connectivity index is 0.000000511. The summed E-state index contributed by atoms with van der Waals surface area (Å²) in [5, 5.41) is 36.3. The van der Waals surface area contributed by atoms with Gasteiger partial charge >= 0.3 is 36.8 Å². The summed E-state index contributed by atoms with van der Waals surface area (Å²) in [6, 6.07) is 31.1. The summed E-state index contributed by atoms with van der Waals surface area (Å²) in [5.74, 6) is -1.40. The number of esters is 1. The molecule has 6 aromatic heterocycles. The van der Waals surface area contributed by atoms with E-state index in [2.05, 4.69) is 87.3 Å². The number of hydrogen-bond donors (Lipinski definition) is 6. The van der Waals surface area contributed by atoms with Gasteiger partial charge in [0.15, 0.2) is 11.4 Å². The third kappa shape index (κ3) is 26.4. The van der Waals surface area contributed by atoms with Crippen LogP contribution in [-0.4, -0.2) is 130 Å². The van der Waals surface area contributed by atoms with Crippen molar-refractivity contribution in [2.45, 2.75) is 79.8 Å². The van der Waals surface area contributed by atoms with Gasteiger partial charge < -0.3 is 49.8 Å². The van der Waals surface area contributed by atoms with Crippen LogP contribution in [0.4, 0.5) is 0 Å². The predicted octanol–water partition coefficient (Wildman–Crippen LogP) is 7.04. The van der Waals surface area contributed by atoms with Gasteiger partial charge in [0, 0.05) is 55.2 Å². The fraction of sp³-hybridized carbons (Fsp3) is 0.333. The number of nitrogens with one attached hydrogen (secondary N) is 4. The normalized spacial score (nSPS) is 9.78. The Labute approximate surface area is 496 Å². The number of fused-ring (bicyclic) bond motifs is 2. The SMILES string of the molecule is CCCI.CCCOC(=O)c1cccc(OCCC)n1.CCCOc1cccc(C(=O)N(C)Cc2cccc3cn[nH]c23)n1.CCCOc1cccc(C(=O)O)n1.CNCc1cccc2cn[nH]c12.O=C(O)c1cccc(=O)[nH]1.[Li+].[OH-]. The topological polar surface area (TPSA) is 320 Å². The number of ether oxygens (including phenoxy) is 4. The van der Waals surface area contributed by atoms with Crippen LogP contribution in [0.2, 0.25) is 0 Å². The molecule has 6 heterocycles. The number of alkyl halides is 1. The molecule has 0 atom stereocenters. The van der Waals surface area contributed by atoms with E-state index < -0.39 is 23.5 Å². The van der Waals surface area contributed by atoms with Gasteiger partial charge in [0.05, 0.1) is 49.9 Å². The summed E-state index contributed by atoms with van der Waals surface area (Å²) in [6.07, 6.45) is 8.41. The Hall–Kier alpha value is -7.69. The number of halogens is 1. The molecule has 0 unspecified atom stereocenters. The molecule has 24 heteroatoms. The first-order chi connectivity index (χ1) is 38.2. The Bertz CT molecular complexity index is 3140. The number of carbonyl (C=O) groups is 4. The van der Waals surface area contributed by atoms with Crippen LogP contribution in [0.1, 0.15) is 120 Å². The van der Waals surface area contributed by atoms with Gasteiger partial charge in [-0.2, -0.15) is 10.2 Å². The molecule has 0 radical (unpaired) electrons. The number of nitrogens with zero attached hydrogens (tertiary/aromatic N) is 6. The molecule has 7 N–H and O–H groups in total. The second kappa shape index (κ2) is 41.3. The van der Waals surface area contributed by atoms with Crippen molar-refractivity contribution < 1.29 is 72.7 Å². The number of aromatic carboxylic acids is 2. The second-order valence-corrected chi connectivity index (χ2v) is 17.8. The van der Waals surface area contributed by atoms with Crippen molar-refractivity contribution in [3.63, 3.8) is 0 Å². The molecule has 2 aromatic carbocycles. The molecule has 0 aliphatic rings. The van der Waals surface area contributed by atoms with Crippen LogP contribution < -0.4 is 43.9 Å². The van der Waals surface area contributed by atoms with E-state index in [0.29, 0.717) is 62.0 Å². The Morgan fingerprint density at radius 1 is 0.593 bits per heavy atom. The van der Waals surface area contributed by atoms with E-state index >= 15 is 0 Å². The number of aromatic nitrogens is 8. The number of benzene rings is 2. The van der Waals surface area contributed by atoms with Crippen molar-refractivity contribution in [1.29, 1.82) is 0 Å². The number of H-pyrrole nitrogens is 3. The zero-order valence-electron chi connectivity index (χ0n) is 47.1. The van der Waals surface area contributed by atoms with Gasteiger partial charge in [-0.25, -0.2) is 29.3 Å². The van der Waals surface area contributed by atoms with Gasteiger partial charge in [-0.1, -0.05) is 118 Å². The van der Waals surface area contributed by atoms with Crippen LogP contribution >= 0.6 is 22.6 Å². The first kappa shape index (κ1) is 71.3. The molecular weight excluding hydrogens is 1150 g/mol. The summed E-state index contributed by atoms with van der Waals surface area (Å²) >= 11 is 2.35. The molecule has 0 aliphatic heterocycles. The fourth-order valence-electron chi connectivity index (χ4n) is 6.35. The van der Waals surface area contributed by atoms with Crippen LogP contribution in [0.3, 0.4) is 0 Å². The largest absolute Gasteiger partial charge is 1.00 e. The molecule has 0 saturated heterocycles. The van der Waals surface area contributed by atoms with Gasteiger partial charge in [0.2, 0.25) is 23.2 Å². The van der Waals surface area contributed by atoms with Gasteiger partial charge in [-0.05, 0) is 79.0 Å². The molecule has 0 saturated carbocycles. The molecular formula is C57H72ILiN10O12. The first-order valence-electron chi connectivity index (χ1n) is 25.6. The summed E-state index contributed by atoms with van der Waals surface area (Å²) in [5.41, 5.74) is 4.54. The quantitative estimate of drug-likeness (QED) is 0.0193. The Morgan fingerprint density at radius 3 is 1.49 bits per heavy atom. The van der Waals surface area contributed by atoms with Crippen LogP contribution in [-0.2, 0) is 17.8 Å². The minimum atomic E-state index is -1.13. The van der Waals surface area contributed by atoms with Crippen LogP contribution in [0.15, 0.2) is 126 Å². The maximum atomic E-state index is 12.6. The van der Waals surface area contributed by atoms with E-state index in [1.54, 1.807) is 66.7 Å². The molecule has 1 amide bonds. The van der Waals surface area contributed by atoms with E-state index in [9.17, 15) is 24.0 Å². The van der Waals surface area contributed by atoms with Crippen molar-refractivity contribution in [3.05, 3.63) is 166 Å². The number of aromatic amines is 3. The van der Waals surface area contributed by atoms with E-state index in [4.69, 9.17) is 29.2 Å². The average molecular weight is 1220 g/mol. The first-order valence-corrected chi connectivity index (χ1v) is 27.2. The summed E-state index contributed by atoms with van der Waals surface area (Å²) < 4.78 is 22.3. The van der Waals surface area contributed by atoms with Crippen LogP contribution in [0.25, 0.3) is 21.8 Å². The van der Waals surface area contributed by atoms with Gasteiger partial charge in [0.1, 0.15) is 11.4 Å². The molecule has 0 bridgehead atoms. The summed E-state index contributed by atoms with van der Waals surface area (Å²) in [7, 11) is 3.70. The molecule has 8 rings (SSSR count). The smallest absolute Gasteiger partial charge is 0.870 e. The maximum absolute atomic E-state index is 12.6. The number of hydrogen-bond acceptors (Lipinski definition) is 16. The fourth-order valence-corrected chi connectivity index (χ4v) is 6.35. The Kier molecular flexibility index (Phi) is 36.4. The molecule has 430 valence electrons. The Morgan fingerprint density at radius 2 is 1.04 bits per heavy atom. The minimum Gasteiger partial charge on any atom is -0.870 e. The standard InChI is InChI=1S/C18H20N4O2.C12H17NO3.C9H11N3.C9H11NO3.C6H5NO3.C3H7I.Li.H2O/c1-3-10-24-16-9-5-8-15(20-16)18(23)22(2)12-14-7-4-6-13-11-19-21-17(13)14;1-3-8-15-11-7-5-6-10(13-11)12(14)16-9-4-2;1-10-5-7-3-2-4-8-6-11-12-9(7)8;1-2-6-13-8-5-3-4-7(10-8)9(11)12;8-5-3-1-2-4(7-5)6(9)10;1-2-3-4;;/h4-9,11H,3,10,12H2,1-2H3,(H,19,21);5-7H,3-4,8-9H2,1-2H3;2-4,6,10H,5H2,1H3,(H,11,12);3-5H,2,6H2,1H3,(H,11,12);1-3H,(H,7,8)(H,9,10);2-3H2,1H3;;1H2/q;;;;;;+1;/p-1. The van der Waals surface area contributed by atoms with E-state index in [1.165, 1.54) is 46.1 Å². The molecule has 81 heavy (non-hydrogen) atoms. The number of para-hydroxylation sites is 2. The molecule has 22 nitrogen and oxygen atoms in total. The number of amides is 1. The second-order valence-electron chi connectivity index (χ2n) is 16.7. The number of rotatable bonds is 20. The minimum absolute atomic E-state index is 0. The van der Waals surface area contributed by atoms with E-state index in [1.807, 2.05) is 65.2 Å². The van der Waals surface area contributed by atoms with Crippen molar-refractivity contribution in [2.24, 2.45) is 0 Å². The predicted molar refractivity (Wildman–Crippen MR) is 313 cm³/mol. The van der Waals surface area contributed by atoms with Crippen molar-refractivity contribution in [1.82, 2.24) is 50.5 Å². The van der Waals surface area contributed by atoms with Gasteiger partial charge in [-0.3, -0.25) is 19.8 Å². The van der Waals surface area contributed by atoms with E-state index in [0.717, 1.165) is 54.2 Å². The van der Waals surface area contributed by atoms with Gasteiger partial charge in [0.25, 0.3) is 5.91 Å². The monoisotopic (exact) mass is 1220 g/mol. The zero-order valence-corrected chi connectivity index (χ0v) is 49.3. The van der Waals surface area contributed by atoms with Crippen molar-refractivity contribution >= 4 is 68.2 Å². The van der Waals surface area contributed by atoms with Crippen LogP contribution in [0, 0.1) is 0 Å². The number of carboxylic acids is 2. The van der Waals surface area contributed by atoms with Crippen molar-refractivity contribution in [2.75, 3.05) is 45.0 Å². The maximum Gasteiger partial charge on any atom is 1.00 e. The molecule has 8 aromatic rings. The van der Waals surface area contributed by atoms with Gasteiger partial charge in [-0.15, -0.1) is 0 Å². The number of carboxylic acid groups (broad SMARTS) is 2. The van der Waals surface area contributed by atoms with E-state index in [-0.39, 0.29) is 41.6 Å². The molecule has 0 aliphatic carbocycles. The number of carbonyl (C=O) groups excluding carboxylic acids is 2. The summed E-state index contributed by atoms with van der Waals surface area (Å²) in [6.45, 7) is 13.6. The van der Waals surface area contributed by atoms with Crippen molar-refractivity contribution in [3.8, 4) is 17.6 Å². The molecule has 0 fully saturated rings. The third-order valence-corrected chi connectivity index (χ3v) is 11.1. The average Bonchev–Trinajstić information content (AvgIpc) is 4.23. The molecule has 0 spiro atoms. The summed E-state index contributed by atoms with van der Waals surface area (Å²) in [4.78, 5) is 71.2. The van der Waals surface area contributed by atoms with Crippen LogP contribution in [0.5, 0.6) is 17.6 Å². The zero-order chi connectivity index (χ0) is 57.8.